The van der Waals surface area contributed by atoms with Gasteiger partial charge in [0, 0.05) is 73.2 Å². The number of imidazole rings is 1. The van der Waals surface area contributed by atoms with Crippen LogP contribution < -0.4 is 27.0 Å². The Morgan fingerprint density at radius 3 is 2.46 bits per heavy atom. The summed E-state index contributed by atoms with van der Waals surface area (Å²) in [6, 6.07) is 13.6. The molecule has 0 bridgehead atoms. The lowest BCUT2D eigenvalue weighted by atomic mass is 9.55. The third-order valence-corrected chi connectivity index (χ3v) is 15.4. The highest BCUT2D eigenvalue weighted by atomic mass is 35.5. The highest BCUT2D eigenvalue weighted by Crippen LogP contribution is 2.63. The molecule has 2 aliphatic carbocycles. The fourth-order valence-corrected chi connectivity index (χ4v) is 12.1. The first-order valence-electron chi connectivity index (χ1n) is 22.7. The summed E-state index contributed by atoms with van der Waals surface area (Å²) in [5.41, 5.74) is 0.937. The number of nitrogens with zero attached hydrogens (tertiary/aromatic N) is 3. The Morgan fingerprint density at radius 1 is 0.938 bits per heavy atom. The second-order valence-electron chi connectivity index (χ2n) is 18.4. The molecule has 2 spiro atoms. The first kappa shape index (κ1) is 44.7. The number of halogens is 3. The van der Waals surface area contributed by atoms with E-state index in [0.29, 0.717) is 90.8 Å². The largest absolute Gasteiger partial charge is 0.356 e. The van der Waals surface area contributed by atoms with Gasteiger partial charge >= 0.3 is 5.69 Å². The molecule has 9 rings (SSSR count). The van der Waals surface area contributed by atoms with Gasteiger partial charge in [0.25, 0.3) is 0 Å². The first-order chi connectivity index (χ1) is 31.3. The summed E-state index contributed by atoms with van der Waals surface area (Å²) in [6.07, 6.45) is 7.96. The van der Waals surface area contributed by atoms with Crippen LogP contribution in [0.15, 0.2) is 59.4 Å². The first-order valence-corrected chi connectivity index (χ1v) is 23.4. The number of aromatic nitrogens is 2. The zero-order valence-electron chi connectivity index (χ0n) is 36.4. The van der Waals surface area contributed by atoms with Crippen LogP contribution >= 0.6 is 23.2 Å². The molecule has 2 saturated carbocycles. The Bertz CT molecular complexity index is 2750. The van der Waals surface area contributed by atoms with Crippen molar-refractivity contribution in [2.24, 2.45) is 13.0 Å². The average Bonchev–Trinajstić information content (AvgIpc) is 3.85. The Kier molecular flexibility index (Phi) is 12.2. The van der Waals surface area contributed by atoms with Crippen LogP contribution in [-0.2, 0) is 36.4 Å². The maximum Gasteiger partial charge on any atom is 0.329 e. The van der Waals surface area contributed by atoms with Crippen LogP contribution in [0.2, 0.25) is 10.0 Å². The highest BCUT2D eigenvalue weighted by molar-refractivity contribution is 6.31. The summed E-state index contributed by atoms with van der Waals surface area (Å²) < 4.78 is 19.3. The van der Waals surface area contributed by atoms with Gasteiger partial charge in [-0.25, -0.2) is 9.18 Å². The molecule has 4 heterocycles. The summed E-state index contributed by atoms with van der Waals surface area (Å²) in [7, 11) is 3.42. The number of aryl methyl sites for hydroxylation is 1. The van der Waals surface area contributed by atoms with E-state index in [0.717, 1.165) is 19.3 Å². The van der Waals surface area contributed by atoms with Gasteiger partial charge in [-0.15, -0.1) is 0 Å². The van der Waals surface area contributed by atoms with Gasteiger partial charge in [-0.2, -0.15) is 0 Å². The van der Waals surface area contributed by atoms with E-state index in [1.165, 1.54) is 15.2 Å². The third kappa shape index (κ3) is 7.63. The standard InChI is InChI=1S/C49H52Cl2FN7O6/c1-57(45(63)42-40(32-11-9-12-34(51)41(32)52)49(48(56-42)23-6-4-7-24-48)33-19-16-30(50)27-35(33)54-46(49)64)31-17-14-29(15-18-31)43(61)53-25-8-3-5-10-28-13-20-36-38(26-28)58(2)47(65)59(36)37-21-22-39(60)55-44(37)62/h9,11-13,16,19-20,26-27,29,31,37,40,42,56H,3-4,6-8,14-15,17-18,21-25H2,1-2H3,(H,53,61)(H,54,64)(H,55,60,62)/t29-,31-,37?,40-,42+,49+/m0/s1. The molecule has 3 aromatic carbocycles. The van der Waals surface area contributed by atoms with Crippen LogP contribution in [0.25, 0.3) is 11.0 Å². The monoisotopic (exact) mass is 923 g/mol. The number of amides is 5. The average molecular weight is 925 g/mol. The number of fused-ring (bicyclic) bond motifs is 4. The van der Waals surface area contributed by atoms with Crippen molar-refractivity contribution in [3.8, 4) is 11.8 Å². The number of benzene rings is 3. The fraction of sp³-hybridized carbons (Fsp3) is 0.469. The van der Waals surface area contributed by atoms with Crippen molar-refractivity contribution in [2.45, 2.75) is 118 Å². The van der Waals surface area contributed by atoms with E-state index in [2.05, 4.69) is 33.1 Å². The molecule has 3 aliphatic heterocycles. The lowest BCUT2D eigenvalue weighted by Crippen LogP contribution is -2.60. The van der Waals surface area contributed by atoms with Gasteiger partial charge < -0.3 is 15.5 Å². The molecule has 13 nitrogen and oxygen atoms in total. The Morgan fingerprint density at radius 2 is 1.71 bits per heavy atom. The number of anilines is 1. The van der Waals surface area contributed by atoms with Crippen LogP contribution in [0.3, 0.4) is 0 Å². The van der Waals surface area contributed by atoms with Crippen molar-refractivity contribution in [3.05, 3.63) is 97.6 Å². The summed E-state index contributed by atoms with van der Waals surface area (Å²) in [6.45, 7) is 0.454. The van der Waals surface area contributed by atoms with Crippen molar-refractivity contribution in [2.75, 3.05) is 18.9 Å². The summed E-state index contributed by atoms with van der Waals surface area (Å²) >= 11 is 12.9. The van der Waals surface area contributed by atoms with E-state index in [9.17, 15) is 28.8 Å². The minimum Gasteiger partial charge on any atom is -0.356 e. The summed E-state index contributed by atoms with van der Waals surface area (Å²) in [4.78, 5) is 82.1. The molecule has 5 aliphatic rings. The van der Waals surface area contributed by atoms with Crippen LogP contribution in [0.4, 0.5) is 10.1 Å². The van der Waals surface area contributed by atoms with Gasteiger partial charge in [0.15, 0.2) is 0 Å². The second kappa shape index (κ2) is 17.7. The quantitative estimate of drug-likeness (QED) is 0.0906. The SMILES string of the molecule is Cn1c(=O)n(C2CCC(=O)NC2=O)c2ccc(C#CCCCNC(=O)[C@H]3CC[C@H](N(C)C(=O)[C@@H]4NC5(CCCCC5)[C@@]5(C(=O)Nc6cc(Cl)ccc65)[C@H]4c4cccc(Cl)c4F)CC3)cc21. The topological polar surface area (TPSA) is 164 Å². The molecular formula is C49H52Cl2FN7O6. The molecule has 4 fully saturated rings. The molecule has 65 heavy (non-hydrogen) atoms. The van der Waals surface area contributed by atoms with Gasteiger partial charge in [-0.3, -0.25) is 43.7 Å². The van der Waals surface area contributed by atoms with Gasteiger partial charge in [0.2, 0.25) is 29.5 Å². The maximum absolute atomic E-state index is 16.4. The Labute approximate surface area is 386 Å². The van der Waals surface area contributed by atoms with Crippen molar-refractivity contribution >= 4 is 69.5 Å². The molecule has 340 valence electrons. The second-order valence-corrected chi connectivity index (χ2v) is 19.2. The van der Waals surface area contributed by atoms with E-state index in [-0.39, 0.29) is 64.7 Å². The highest BCUT2D eigenvalue weighted by Gasteiger charge is 2.72. The van der Waals surface area contributed by atoms with Crippen LogP contribution in [-0.4, -0.2) is 74.8 Å². The fourth-order valence-electron chi connectivity index (χ4n) is 11.7. The third-order valence-electron chi connectivity index (χ3n) is 14.9. The van der Waals surface area contributed by atoms with Crippen molar-refractivity contribution in [3.63, 3.8) is 0 Å². The Balaban J connectivity index is 0.834. The number of carbonyl (C=O) groups excluding carboxylic acids is 5. The molecule has 2 saturated heterocycles. The van der Waals surface area contributed by atoms with E-state index in [1.54, 1.807) is 55.4 Å². The van der Waals surface area contributed by atoms with E-state index < -0.39 is 40.7 Å². The summed E-state index contributed by atoms with van der Waals surface area (Å²) in [5.74, 6) is 3.17. The molecule has 16 heteroatoms. The number of unbranched alkanes of at least 4 members (excludes halogenated alkanes) is 1. The molecule has 4 atom stereocenters. The number of imide groups is 1. The van der Waals surface area contributed by atoms with Crippen molar-refractivity contribution < 1.29 is 28.4 Å². The molecule has 0 radical (unpaired) electrons. The zero-order valence-corrected chi connectivity index (χ0v) is 37.9. The van der Waals surface area contributed by atoms with Gasteiger partial charge in [0.1, 0.15) is 17.3 Å². The van der Waals surface area contributed by atoms with Gasteiger partial charge in [-0.1, -0.05) is 72.5 Å². The normalized spacial score (nSPS) is 25.8. The zero-order chi connectivity index (χ0) is 45.8. The molecular weight excluding hydrogens is 872 g/mol. The number of hydrogen-bond donors (Lipinski definition) is 4. The number of carbonyl (C=O) groups is 5. The minimum atomic E-state index is -1.31. The lowest BCUT2D eigenvalue weighted by Gasteiger charge is -2.47. The number of likely N-dealkylation sites (N-methyl/N-ethyl adjacent to an activating group) is 1. The lowest BCUT2D eigenvalue weighted by molar-refractivity contribution is -0.137. The smallest absolute Gasteiger partial charge is 0.329 e. The minimum absolute atomic E-state index is 0.0292. The van der Waals surface area contributed by atoms with Crippen LogP contribution in [0.5, 0.6) is 0 Å². The van der Waals surface area contributed by atoms with Crippen LogP contribution in [0.1, 0.15) is 112 Å². The van der Waals surface area contributed by atoms with E-state index in [4.69, 9.17) is 23.2 Å². The molecule has 5 amide bonds. The number of hydrogen-bond acceptors (Lipinski definition) is 7. The van der Waals surface area contributed by atoms with Crippen molar-refractivity contribution in [1.82, 2.24) is 30.0 Å². The van der Waals surface area contributed by atoms with Crippen molar-refractivity contribution in [1.29, 1.82) is 0 Å². The van der Waals surface area contributed by atoms with Gasteiger partial charge in [0.05, 0.1) is 22.1 Å². The maximum atomic E-state index is 16.4. The number of nitrogens with one attached hydrogen (secondary N) is 4. The van der Waals surface area contributed by atoms with Gasteiger partial charge in [-0.05, 0) is 98.9 Å². The Hall–Kier alpha value is -5.49. The molecule has 1 unspecified atom stereocenters. The predicted molar refractivity (Wildman–Crippen MR) is 245 cm³/mol. The van der Waals surface area contributed by atoms with Crippen LogP contribution in [0, 0.1) is 23.6 Å². The molecule has 4 N–H and O–H groups in total. The van der Waals surface area contributed by atoms with E-state index >= 15 is 4.39 Å². The summed E-state index contributed by atoms with van der Waals surface area (Å²) in [5, 5.41) is 12.6. The molecule has 1 aromatic heterocycles. The number of piperidine rings is 1. The number of rotatable bonds is 8. The predicted octanol–water partition coefficient (Wildman–Crippen LogP) is 6.38. The van der Waals surface area contributed by atoms with E-state index in [1.807, 2.05) is 12.1 Å². The molecule has 4 aromatic rings.